The summed E-state index contributed by atoms with van der Waals surface area (Å²) < 4.78 is 18.5. The van der Waals surface area contributed by atoms with Gasteiger partial charge in [0, 0.05) is 12.0 Å². The van der Waals surface area contributed by atoms with Crippen LogP contribution in [0.15, 0.2) is 12.1 Å². The molecule has 76 valence electrons. The van der Waals surface area contributed by atoms with Gasteiger partial charge in [-0.05, 0) is 12.1 Å². The highest BCUT2D eigenvalue weighted by Crippen LogP contribution is 2.30. The Balaban J connectivity index is 2.24. The predicted molar refractivity (Wildman–Crippen MR) is 48.5 cm³/mol. The molecule has 2 rings (SSSR count). The standard InChI is InChI=1S/C9H9ClFNO2/c10-8-2-1-6(9(11)12-8)7-3-5(13)4-14-7/h1-2,5,7,13H,3-4H2. The van der Waals surface area contributed by atoms with E-state index in [0.29, 0.717) is 12.0 Å². The van der Waals surface area contributed by atoms with Crippen molar-refractivity contribution in [2.45, 2.75) is 18.6 Å². The maximum atomic E-state index is 13.3. The van der Waals surface area contributed by atoms with Crippen molar-refractivity contribution in [3.05, 3.63) is 28.8 Å². The van der Waals surface area contributed by atoms with Crippen molar-refractivity contribution in [2.75, 3.05) is 6.61 Å². The van der Waals surface area contributed by atoms with Crippen LogP contribution in [0.2, 0.25) is 5.15 Å². The van der Waals surface area contributed by atoms with Crippen LogP contribution in [0.3, 0.4) is 0 Å². The topological polar surface area (TPSA) is 42.4 Å². The van der Waals surface area contributed by atoms with Crippen LogP contribution >= 0.6 is 11.6 Å². The van der Waals surface area contributed by atoms with Crippen molar-refractivity contribution < 1.29 is 14.2 Å². The van der Waals surface area contributed by atoms with Gasteiger partial charge in [0.2, 0.25) is 5.95 Å². The molecular weight excluding hydrogens is 209 g/mol. The van der Waals surface area contributed by atoms with Gasteiger partial charge in [0.25, 0.3) is 0 Å². The molecule has 1 fully saturated rings. The molecule has 0 amide bonds. The van der Waals surface area contributed by atoms with Crippen molar-refractivity contribution in [1.29, 1.82) is 0 Å². The number of hydrogen-bond acceptors (Lipinski definition) is 3. The first-order valence-corrected chi connectivity index (χ1v) is 4.66. The molecule has 0 aromatic carbocycles. The van der Waals surface area contributed by atoms with Gasteiger partial charge in [-0.15, -0.1) is 0 Å². The second-order valence-electron chi connectivity index (χ2n) is 3.23. The van der Waals surface area contributed by atoms with Gasteiger partial charge in [-0.25, -0.2) is 4.98 Å². The molecule has 3 nitrogen and oxygen atoms in total. The number of aliphatic hydroxyl groups excluding tert-OH is 1. The molecule has 1 aliphatic heterocycles. The predicted octanol–water partition coefficient (Wildman–Crippen LogP) is 1.70. The summed E-state index contributed by atoms with van der Waals surface area (Å²) in [7, 11) is 0. The molecule has 2 unspecified atom stereocenters. The van der Waals surface area contributed by atoms with E-state index >= 15 is 0 Å². The van der Waals surface area contributed by atoms with Crippen LogP contribution in [0.25, 0.3) is 0 Å². The third kappa shape index (κ3) is 1.87. The van der Waals surface area contributed by atoms with E-state index in [4.69, 9.17) is 16.3 Å². The van der Waals surface area contributed by atoms with Gasteiger partial charge in [0.15, 0.2) is 0 Å². The van der Waals surface area contributed by atoms with Gasteiger partial charge in [-0.3, -0.25) is 0 Å². The van der Waals surface area contributed by atoms with Crippen LogP contribution in [0.1, 0.15) is 18.1 Å². The fourth-order valence-electron chi connectivity index (χ4n) is 1.49. The molecule has 2 atom stereocenters. The lowest BCUT2D eigenvalue weighted by Gasteiger charge is -2.09. The largest absolute Gasteiger partial charge is 0.391 e. The van der Waals surface area contributed by atoms with Gasteiger partial charge in [0.05, 0.1) is 18.8 Å². The van der Waals surface area contributed by atoms with Crippen LogP contribution in [-0.4, -0.2) is 22.8 Å². The zero-order valence-corrected chi connectivity index (χ0v) is 8.04. The molecule has 1 aliphatic rings. The number of aliphatic hydroxyl groups is 1. The normalized spacial score (nSPS) is 26.8. The van der Waals surface area contributed by atoms with Crippen LogP contribution in [0.4, 0.5) is 4.39 Å². The lowest BCUT2D eigenvalue weighted by atomic mass is 10.1. The fourth-order valence-corrected chi connectivity index (χ4v) is 1.63. The lowest BCUT2D eigenvalue weighted by Crippen LogP contribution is -2.04. The van der Waals surface area contributed by atoms with E-state index in [1.807, 2.05) is 0 Å². The molecule has 1 saturated heterocycles. The van der Waals surface area contributed by atoms with Crippen LogP contribution in [0.5, 0.6) is 0 Å². The summed E-state index contributed by atoms with van der Waals surface area (Å²) in [4.78, 5) is 3.48. The molecule has 1 aromatic heterocycles. The monoisotopic (exact) mass is 217 g/mol. The maximum absolute atomic E-state index is 13.3. The maximum Gasteiger partial charge on any atom is 0.220 e. The Morgan fingerprint density at radius 2 is 2.36 bits per heavy atom. The van der Waals surface area contributed by atoms with Gasteiger partial charge < -0.3 is 9.84 Å². The summed E-state index contributed by atoms with van der Waals surface area (Å²) in [5, 5.41) is 9.33. The average molecular weight is 218 g/mol. The first-order chi connectivity index (χ1) is 6.66. The van der Waals surface area contributed by atoms with Gasteiger partial charge in [-0.2, -0.15) is 4.39 Å². The third-order valence-electron chi connectivity index (χ3n) is 2.17. The number of rotatable bonds is 1. The quantitative estimate of drug-likeness (QED) is 0.728. The Kier molecular flexibility index (Phi) is 2.67. The number of nitrogens with zero attached hydrogens (tertiary/aromatic N) is 1. The minimum atomic E-state index is -0.628. The molecule has 0 radical (unpaired) electrons. The van der Waals surface area contributed by atoms with Gasteiger partial charge >= 0.3 is 0 Å². The summed E-state index contributed by atoms with van der Waals surface area (Å²) >= 11 is 5.51. The number of halogens is 2. The minimum Gasteiger partial charge on any atom is -0.391 e. The second-order valence-corrected chi connectivity index (χ2v) is 3.61. The molecule has 1 aromatic rings. The first kappa shape index (κ1) is 9.83. The second kappa shape index (κ2) is 3.81. The molecule has 0 bridgehead atoms. The minimum absolute atomic E-state index is 0.116. The van der Waals surface area contributed by atoms with Crippen LogP contribution in [-0.2, 0) is 4.74 Å². The zero-order valence-electron chi connectivity index (χ0n) is 7.28. The summed E-state index contributed by atoms with van der Waals surface area (Å²) in [5.41, 5.74) is 0.353. The van der Waals surface area contributed by atoms with Crippen molar-refractivity contribution >= 4 is 11.6 Å². The SMILES string of the molecule is OC1COC(c2ccc(Cl)nc2F)C1. The average Bonchev–Trinajstić information content (AvgIpc) is 2.51. The zero-order chi connectivity index (χ0) is 10.1. The van der Waals surface area contributed by atoms with E-state index in [1.165, 1.54) is 12.1 Å². The van der Waals surface area contributed by atoms with Crippen LogP contribution in [0, 0.1) is 5.95 Å². The Morgan fingerprint density at radius 3 is 2.93 bits per heavy atom. The summed E-state index contributed by atoms with van der Waals surface area (Å²) in [6.07, 6.45) is -0.523. The first-order valence-electron chi connectivity index (χ1n) is 4.28. The molecule has 1 N–H and O–H groups in total. The Labute approximate surface area is 85.5 Å². The van der Waals surface area contributed by atoms with E-state index in [0.717, 1.165) is 0 Å². The highest BCUT2D eigenvalue weighted by molar-refractivity contribution is 6.29. The molecule has 0 aliphatic carbocycles. The van der Waals surface area contributed by atoms with Crippen LogP contribution < -0.4 is 0 Å². The van der Waals surface area contributed by atoms with Crippen molar-refractivity contribution in [3.63, 3.8) is 0 Å². The van der Waals surface area contributed by atoms with E-state index in [-0.39, 0.29) is 11.8 Å². The van der Waals surface area contributed by atoms with E-state index < -0.39 is 18.2 Å². The van der Waals surface area contributed by atoms with E-state index in [1.54, 1.807) is 0 Å². The highest BCUT2D eigenvalue weighted by atomic mass is 35.5. The lowest BCUT2D eigenvalue weighted by molar-refractivity contribution is 0.0866. The molecule has 5 heteroatoms. The Bertz CT molecular complexity index is 348. The highest BCUT2D eigenvalue weighted by Gasteiger charge is 2.27. The van der Waals surface area contributed by atoms with E-state index in [9.17, 15) is 9.50 Å². The van der Waals surface area contributed by atoms with Crippen molar-refractivity contribution in [1.82, 2.24) is 4.98 Å². The molecule has 0 spiro atoms. The fraction of sp³-hybridized carbons (Fsp3) is 0.444. The van der Waals surface area contributed by atoms with Crippen molar-refractivity contribution in [2.24, 2.45) is 0 Å². The number of aromatic nitrogens is 1. The Morgan fingerprint density at radius 1 is 1.57 bits per heavy atom. The summed E-state index contributed by atoms with van der Waals surface area (Å²) in [6, 6.07) is 3.04. The summed E-state index contributed by atoms with van der Waals surface area (Å²) in [5.74, 6) is -0.628. The van der Waals surface area contributed by atoms with Crippen molar-refractivity contribution in [3.8, 4) is 0 Å². The number of ether oxygens (including phenoxy) is 1. The van der Waals surface area contributed by atoms with E-state index in [2.05, 4.69) is 4.98 Å². The smallest absolute Gasteiger partial charge is 0.220 e. The number of hydrogen-bond donors (Lipinski definition) is 1. The third-order valence-corrected chi connectivity index (χ3v) is 2.38. The molecule has 14 heavy (non-hydrogen) atoms. The van der Waals surface area contributed by atoms with Gasteiger partial charge in [0.1, 0.15) is 5.15 Å². The molecule has 0 saturated carbocycles. The number of pyridine rings is 1. The summed E-state index contributed by atoms with van der Waals surface area (Å²) in [6.45, 7) is 0.243. The molecular formula is C9H9ClFNO2. The Hall–Kier alpha value is -0.710. The molecule has 2 heterocycles. The van der Waals surface area contributed by atoms with Gasteiger partial charge in [-0.1, -0.05) is 11.6 Å².